The van der Waals surface area contributed by atoms with Gasteiger partial charge in [-0.05, 0) is 6.07 Å². The molecule has 14 heavy (non-hydrogen) atoms. The molecule has 5 heteroatoms. The first-order valence-electron chi connectivity index (χ1n) is 4.07. The average Bonchev–Trinajstić information content (AvgIpc) is 2.57. The molecule has 1 fully saturated rings. The highest BCUT2D eigenvalue weighted by molar-refractivity contribution is 6.42. The molecule has 1 aliphatic rings. The SMILES string of the molecule is O=C1NC[C@H](c2cccc(Cl)c2Cl)O1. The second kappa shape index (κ2) is 3.67. The lowest BCUT2D eigenvalue weighted by Crippen LogP contribution is -2.12. The highest BCUT2D eigenvalue weighted by Gasteiger charge is 2.26. The summed E-state index contributed by atoms with van der Waals surface area (Å²) in [7, 11) is 0. The van der Waals surface area contributed by atoms with E-state index in [2.05, 4.69) is 5.32 Å². The van der Waals surface area contributed by atoms with Crippen molar-refractivity contribution in [2.45, 2.75) is 6.10 Å². The molecule has 1 atom stereocenters. The third kappa shape index (κ3) is 1.65. The van der Waals surface area contributed by atoms with Crippen LogP contribution in [0.4, 0.5) is 4.79 Å². The Hall–Kier alpha value is -0.930. The number of nitrogens with one attached hydrogen (secondary N) is 1. The van der Waals surface area contributed by atoms with E-state index in [9.17, 15) is 4.79 Å². The smallest absolute Gasteiger partial charge is 0.407 e. The van der Waals surface area contributed by atoms with Crippen LogP contribution in [0.1, 0.15) is 11.7 Å². The van der Waals surface area contributed by atoms with Gasteiger partial charge in [0.25, 0.3) is 0 Å². The van der Waals surface area contributed by atoms with E-state index in [1.54, 1.807) is 18.2 Å². The molecule has 2 rings (SSSR count). The number of hydrogen-bond acceptors (Lipinski definition) is 2. The molecule has 0 bridgehead atoms. The molecule has 1 aromatic rings. The minimum atomic E-state index is -0.425. The molecule has 0 unspecified atom stereocenters. The minimum Gasteiger partial charge on any atom is -0.439 e. The minimum absolute atomic E-state index is 0.339. The van der Waals surface area contributed by atoms with Crippen LogP contribution >= 0.6 is 23.2 Å². The van der Waals surface area contributed by atoms with Gasteiger partial charge in [-0.25, -0.2) is 4.79 Å². The van der Waals surface area contributed by atoms with Gasteiger partial charge in [-0.15, -0.1) is 0 Å². The number of amides is 1. The Bertz CT molecular complexity index is 381. The fourth-order valence-electron chi connectivity index (χ4n) is 1.33. The summed E-state index contributed by atoms with van der Waals surface area (Å²) in [6.07, 6.45) is -0.764. The number of carbonyl (C=O) groups is 1. The molecule has 0 aliphatic carbocycles. The predicted molar refractivity (Wildman–Crippen MR) is 53.7 cm³/mol. The normalized spacial score (nSPS) is 20.4. The summed E-state index contributed by atoms with van der Waals surface area (Å²) in [5.74, 6) is 0. The standard InChI is InChI=1S/C9H7Cl2NO2/c10-6-3-1-2-5(8(6)11)7-4-12-9(13)14-7/h1-3,7H,4H2,(H,12,13)/t7-/m1/s1. The largest absolute Gasteiger partial charge is 0.439 e. The van der Waals surface area contributed by atoms with Crippen molar-refractivity contribution in [3.8, 4) is 0 Å². The van der Waals surface area contributed by atoms with Crippen LogP contribution in [0, 0.1) is 0 Å². The summed E-state index contributed by atoms with van der Waals surface area (Å²) in [5.41, 5.74) is 0.734. The van der Waals surface area contributed by atoms with Gasteiger partial charge in [0.1, 0.15) is 6.10 Å². The molecule has 3 nitrogen and oxygen atoms in total. The maximum absolute atomic E-state index is 10.8. The van der Waals surface area contributed by atoms with Crippen LogP contribution in [0.15, 0.2) is 18.2 Å². The van der Waals surface area contributed by atoms with E-state index in [1.807, 2.05) is 0 Å². The fraction of sp³-hybridized carbons (Fsp3) is 0.222. The van der Waals surface area contributed by atoms with Gasteiger partial charge < -0.3 is 10.1 Å². The number of halogens is 2. The van der Waals surface area contributed by atoms with Crippen LogP contribution in [-0.2, 0) is 4.74 Å². The summed E-state index contributed by atoms with van der Waals surface area (Å²) < 4.78 is 4.99. The maximum Gasteiger partial charge on any atom is 0.407 e. The lowest BCUT2D eigenvalue weighted by Gasteiger charge is -2.10. The first kappa shape index (κ1) is 9.62. The number of hydrogen-bond donors (Lipinski definition) is 1. The topological polar surface area (TPSA) is 38.3 Å². The molecular weight excluding hydrogens is 225 g/mol. The Morgan fingerprint density at radius 3 is 2.86 bits per heavy atom. The van der Waals surface area contributed by atoms with E-state index in [0.29, 0.717) is 16.6 Å². The summed E-state index contributed by atoms with van der Waals surface area (Å²) >= 11 is 11.8. The number of benzene rings is 1. The summed E-state index contributed by atoms with van der Waals surface area (Å²) in [4.78, 5) is 10.8. The zero-order valence-corrected chi connectivity index (χ0v) is 8.60. The highest BCUT2D eigenvalue weighted by atomic mass is 35.5. The monoisotopic (exact) mass is 231 g/mol. The third-order valence-corrected chi connectivity index (χ3v) is 2.84. The quantitative estimate of drug-likeness (QED) is 0.808. The van der Waals surface area contributed by atoms with Crippen molar-refractivity contribution in [2.24, 2.45) is 0 Å². The van der Waals surface area contributed by atoms with Gasteiger partial charge >= 0.3 is 6.09 Å². The number of rotatable bonds is 1. The molecule has 0 radical (unpaired) electrons. The number of cyclic esters (lactones) is 1. The molecule has 74 valence electrons. The molecule has 1 N–H and O–H groups in total. The number of alkyl carbamates (subject to hydrolysis) is 1. The van der Waals surface area contributed by atoms with Crippen LogP contribution in [-0.4, -0.2) is 12.6 Å². The van der Waals surface area contributed by atoms with E-state index >= 15 is 0 Å². The maximum atomic E-state index is 10.8. The molecular formula is C9H7Cl2NO2. The van der Waals surface area contributed by atoms with Crippen molar-refractivity contribution in [1.82, 2.24) is 5.32 Å². The third-order valence-electron chi connectivity index (χ3n) is 2.01. The molecule has 1 saturated heterocycles. The van der Waals surface area contributed by atoms with E-state index in [1.165, 1.54) is 0 Å². The second-order valence-corrected chi connectivity index (χ2v) is 3.70. The molecule has 0 spiro atoms. The molecule has 1 aromatic carbocycles. The van der Waals surface area contributed by atoms with Gasteiger partial charge in [0.2, 0.25) is 0 Å². The zero-order chi connectivity index (χ0) is 10.1. The van der Waals surface area contributed by atoms with Crippen LogP contribution < -0.4 is 5.32 Å². The van der Waals surface area contributed by atoms with E-state index < -0.39 is 6.09 Å². The Kier molecular flexibility index (Phi) is 2.52. The van der Waals surface area contributed by atoms with Gasteiger partial charge in [0, 0.05) is 5.56 Å². The first-order valence-corrected chi connectivity index (χ1v) is 4.82. The molecule has 1 amide bonds. The summed E-state index contributed by atoms with van der Waals surface area (Å²) in [6, 6.07) is 5.26. The lowest BCUT2D eigenvalue weighted by molar-refractivity contribution is 0.141. The van der Waals surface area contributed by atoms with E-state index in [0.717, 1.165) is 5.56 Å². The lowest BCUT2D eigenvalue weighted by atomic mass is 10.1. The first-order chi connectivity index (χ1) is 6.68. The zero-order valence-electron chi connectivity index (χ0n) is 7.09. The Balaban J connectivity index is 2.32. The van der Waals surface area contributed by atoms with Crippen molar-refractivity contribution in [1.29, 1.82) is 0 Å². The average molecular weight is 232 g/mol. The van der Waals surface area contributed by atoms with E-state index in [4.69, 9.17) is 27.9 Å². The van der Waals surface area contributed by atoms with Crippen molar-refractivity contribution in [2.75, 3.05) is 6.54 Å². The van der Waals surface area contributed by atoms with Crippen molar-refractivity contribution < 1.29 is 9.53 Å². The van der Waals surface area contributed by atoms with Gasteiger partial charge in [0.15, 0.2) is 0 Å². The Morgan fingerprint density at radius 2 is 2.21 bits per heavy atom. The fourth-order valence-corrected chi connectivity index (χ4v) is 1.76. The van der Waals surface area contributed by atoms with Crippen LogP contribution in [0.5, 0.6) is 0 Å². The number of ether oxygens (including phenoxy) is 1. The Morgan fingerprint density at radius 1 is 1.43 bits per heavy atom. The van der Waals surface area contributed by atoms with E-state index in [-0.39, 0.29) is 6.10 Å². The molecule has 0 aromatic heterocycles. The molecule has 0 saturated carbocycles. The van der Waals surface area contributed by atoms with Crippen molar-refractivity contribution in [3.05, 3.63) is 33.8 Å². The van der Waals surface area contributed by atoms with Gasteiger partial charge in [-0.3, -0.25) is 0 Å². The highest BCUT2D eigenvalue weighted by Crippen LogP contribution is 2.32. The van der Waals surface area contributed by atoms with Crippen molar-refractivity contribution in [3.63, 3.8) is 0 Å². The molecule has 1 aliphatic heterocycles. The number of carbonyl (C=O) groups excluding carboxylic acids is 1. The van der Waals surface area contributed by atoms with Gasteiger partial charge in [0.05, 0.1) is 16.6 Å². The van der Waals surface area contributed by atoms with Gasteiger partial charge in [-0.2, -0.15) is 0 Å². The second-order valence-electron chi connectivity index (χ2n) is 2.92. The summed E-state index contributed by atoms with van der Waals surface area (Å²) in [6.45, 7) is 0.429. The van der Waals surface area contributed by atoms with Crippen LogP contribution in [0.25, 0.3) is 0 Å². The van der Waals surface area contributed by atoms with Crippen LogP contribution in [0.3, 0.4) is 0 Å². The van der Waals surface area contributed by atoms with Crippen molar-refractivity contribution >= 4 is 29.3 Å². The molecule has 1 heterocycles. The summed E-state index contributed by atoms with van der Waals surface area (Å²) in [5, 5.41) is 3.46. The predicted octanol–water partition coefficient (Wildman–Crippen LogP) is 2.77. The Labute approximate surface area is 91.0 Å². The van der Waals surface area contributed by atoms with Crippen LogP contribution in [0.2, 0.25) is 10.0 Å². The van der Waals surface area contributed by atoms with Gasteiger partial charge in [-0.1, -0.05) is 35.3 Å².